The predicted octanol–water partition coefficient (Wildman–Crippen LogP) is 3.78. The molecule has 0 saturated carbocycles. The smallest absolute Gasteiger partial charge is 0.0409 e. The standard InChI is InChI=1S/C13H18ClN/c1-3-4-6-11(2)15-10-12-7-5-8-13(14)9-12/h3,5,7-9,11,15H,1,4,6,10H2,2H3/t11-/m0/s1. The molecule has 0 fully saturated rings. The van der Waals surface area contributed by atoms with Crippen LogP contribution in [0.15, 0.2) is 36.9 Å². The molecule has 0 aliphatic carbocycles. The zero-order valence-corrected chi connectivity index (χ0v) is 9.93. The molecular formula is C13H18ClN. The highest BCUT2D eigenvalue weighted by Crippen LogP contribution is 2.10. The lowest BCUT2D eigenvalue weighted by Gasteiger charge is -2.12. The van der Waals surface area contributed by atoms with Gasteiger partial charge in [0.25, 0.3) is 0 Å². The highest BCUT2D eigenvalue weighted by Gasteiger charge is 2.00. The van der Waals surface area contributed by atoms with E-state index in [2.05, 4.69) is 24.9 Å². The molecule has 1 aromatic carbocycles. The SMILES string of the molecule is C=CCC[C@H](C)NCc1cccc(Cl)c1. The Morgan fingerprint density at radius 1 is 1.53 bits per heavy atom. The number of rotatable bonds is 6. The summed E-state index contributed by atoms with van der Waals surface area (Å²) in [6.45, 7) is 6.78. The van der Waals surface area contributed by atoms with Crippen LogP contribution in [0.25, 0.3) is 0 Å². The van der Waals surface area contributed by atoms with Gasteiger partial charge in [-0.3, -0.25) is 0 Å². The second-order valence-electron chi connectivity index (χ2n) is 3.78. The molecule has 0 spiro atoms. The van der Waals surface area contributed by atoms with Crippen molar-refractivity contribution in [3.63, 3.8) is 0 Å². The molecule has 1 atom stereocenters. The van der Waals surface area contributed by atoms with E-state index in [0.29, 0.717) is 6.04 Å². The van der Waals surface area contributed by atoms with Gasteiger partial charge in [0.2, 0.25) is 0 Å². The lowest BCUT2D eigenvalue weighted by atomic mass is 10.1. The highest BCUT2D eigenvalue weighted by molar-refractivity contribution is 6.30. The van der Waals surface area contributed by atoms with Gasteiger partial charge in [-0.1, -0.05) is 29.8 Å². The first-order valence-corrected chi connectivity index (χ1v) is 5.69. The normalized spacial score (nSPS) is 12.4. The van der Waals surface area contributed by atoms with Crippen molar-refractivity contribution in [1.82, 2.24) is 5.32 Å². The van der Waals surface area contributed by atoms with Gasteiger partial charge in [0.1, 0.15) is 0 Å². The summed E-state index contributed by atoms with van der Waals surface area (Å²) >= 11 is 5.90. The van der Waals surface area contributed by atoms with Crippen LogP contribution < -0.4 is 5.32 Å². The Hall–Kier alpha value is -0.790. The van der Waals surface area contributed by atoms with Gasteiger partial charge in [-0.05, 0) is 37.5 Å². The molecule has 2 heteroatoms. The Kier molecular flexibility index (Phi) is 5.44. The minimum absolute atomic E-state index is 0.516. The lowest BCUT2D eigenvalue weighted by molar-refractivity contribution is 0.518. The van der Waals surface area contributed by atoms with Crippen LogP contribution in [0.5, 0.6) is 0 Å². The van der Waals surface area contributed by atoms with Crippen LogP contribution in [-0.2, 0) is 6.54 Å². The topological polar surface area (TPSA) is 12.0 Å². The van der Waals surface area contributed by atoms with Gasteiger partial charge in [-0.15, -0.1) is 6.58 Å². The fourth-order valence-corrected chi connectivity index (χ4v) is 1.62. The Morgan fingerprint density at radius 3 is 3.00 bits per heavy atom. The van der Waals surface area contributed by atoms with Crippen molar-refractivity contribution in [3.8, 4) is 0 Å². The summed E-state index contributed by atoms with van der Waals surface area (Å²) < 4.78 is 0. The van der Waals surface area contributed by atoms with Crippen LogP contribution in [0.4, 0.5) is 0 Å². The molecule has 82 valence electrons. The number of benzene rings is 1. The first kappa shape index (κ1) is 12.3. The highest BCUT2D eigenvalue weighted by atomic mass is 35.5. The Morgan fingerprint density at radius 2 is 2.33 bits per heavy atom. The van der Waals surface area contributed by atoms with Crippen molar-refractivity contribution in [3.05, 3.63) is 47.5 Å². The number of hydrogen-bond acceptors (Lipinski definition) is 1. The van der Waals surface area contributed by atoms with Crippen LogP contribution in [0.2, 0.25) is 5.02 Å². The summed E-state index contributed by atoms with van der Waals surface area (Å²) in [6, 6.07) is 8.47. The Labute approximate surface area is 97.1 Å². The number of halogens is 1. The van der Waals surface area contributed by atoms with Crippen molar-refractivity contribution >= 4 is 11.6 Å². The van der Waals surface area contributed by atoms with Crippen molar-refractivity contribution in [1.29, 1.82) is 0 Å². The summed E-state index contributed by atoms with van der Waals surface area (Å²) in [5.74, 6) is 0. The van der Waals surface area contributed by atoms with Crippen LogP contribution in [0.3, 0.4) is 0 Å². The number of hydrogen-bond donors (Lipinski definition) is 1. The maximum Gasteiger partial charge on any atom is 0.0409 e. The summed E-state index contributed by atoms with van der Waals surface area (Å²) in [5, 5.41) is 4.25. The van der Waals surface area contributed by atoms with E-state index >= 15 is 0 Å². The molecule has 0 aliphatic heterocycles. The van der Waals surface area contributed by atoms with E-state index in [9.17, 15) is 0 Å². The first-order chi connectivity index (χ1) is 7.22. The summed E-state index contributed by atoms with van der Waals surface area (Å²) in [7, 11) is 0. The molecule has 0 unspecified atom stereocenters. The van der Waals surface area contributed by atoms with Crippen LogP contribution in [0, 0.1) is 0 Å². The lowest BCUT2D eigenvalue weighted by Crippen LogP contribution is -2.25. The molecule has 0 saturated heterocycles. The Balaban J connectivity index is 2.33. The van der Waals surface area contributed by atoms with E-state index in [0.717, 1.165) is 24.4 Å². The second-order valence-corrected chi connectivity index (χ2v) is 4.21. The first-order valence-electron chi connectivity index (χ1n) is 5.31. The van der Waals surface area contributed by atoms with E-state index in [-0.39, 0.29) is 0 Å². The summed E-state index contributed by atoms with van der Waals surface area (Å²) in [4.78, 5) is 0. The zero-order valence-electron chi connectivity index (χ0n) is 9.17. The predicted molar refractivity (Wildman–Crippen MR) is 67.2 cm³/mol. The van der Waals surface area contributed by atoms with E-state index in [1.165, 1.54) is 5.56 Å². The fourth-order valence-electron chi connectivity index (χ4n) is 1.41. The minimum Gasteiger partial charge on any atom is -0.310 e. The molecule has 1 aromatic rings. The van der Waals surface area contributed by atoms with E-state index < -0.39 is 0 Å². The number of allylic oxidation sites excluding steroid dienone is 1. The Bertz CT molecular complexity index is 309. The van der Waals surface area contributed by atoms with Crippen molar-refractivity contribution in [2.75, 3.05) is 0 Å². The third kappa shape index (κ3) is 5.01. The third-order valence-electron chi connectivity index (χ3n) is 2.35. The molecule has 15 heavy (non-hydrogen) atoms. The van der Waals surface area contributed by atoms with E-state index in [4.69, 9.17) is 11.6 Å². The summed E-state index contributed by atoms with van der Waals surface area (Å²) in [6.07, 6.45) is 4.14. The second kappa shape index (κ2) is 6.65. The minimum atomic E-state index is 0.516. The quantitative estimate of drug-likeness (QED) is 0.724. The van der Waals surface area contributed by atoms with Gasteiger partial charge in [0.15, 0.2) is 0 Å². The van der Waals surface area contributed by atoms with Crippen molar-refractivity contribution < 1.29 is 0 Å². The van der Waals surface area contributed by atoms with Gasteiger partial charge >= 0.3 is 0 Å². The zero-order chi connectivity index (χ0) is 11.1. The molecule has 0 amide bonds. The molecule has 1 rings (SSSR count). The van der Waals surface area contributed by atoms with E-state index in [1.54, 1.807) is 0 Å². The molecule has 0 radical (unpaired) electrons. The van der Waals surface area contributed by atoms with Gasteiger partial charge in [0, 0.05) is 17.6 Å². The molecule has 0 heterocycles. The van der Waals surface area contributed by atoms with E-state index in [1.807, 2.05) is 24.3 Å². The van der Waals surface area contributed by atoms with Gasteiger partial charge < -0.3 is 5.32 Å². The molecule has 0 aliphatic rings. The maximum absolute atomic E-state index is 5.90. The van der Waals surface area contributed by atoms with Gasteiger partial charge in [-0.25, -0.2) is 0 Å². The van der Waals surface area contributed by atoms with Gasteiger partial charge in [0.05, 0.1) is 0 Å². The van der Waals surface area contributed by atoms with Crippen molar-refractivity contribution in [2.45, 2.75) is 32.4 Å². The van der Waals surface area contributed by atoms with Crippen molar-refractivity contribution in [2.24, 2.45) is 0 Å². The van der Waals surface area contributed by atoms with Crippen LogP contribution >= 0.6 is 11.6 Å². The molecule has 1 N–H and O–H groups in total. The molecule has 1 nitrogen and oxygen atoms in total. The van der Waals surface area contributed by atoms with Gasteiger partial charge in [-0.2, -0.15) is 0 Å². The summed E-state index contributed by atoms with van der Waals surface area (Å²) in [5.41, 5.74) is 1.23. The number of nitrogens with one attached hydrogen (secondary N) is 1. The molecule has 0 aromatic heterocycles. The monoisotopic (exact) mass is 223 g/mol. The van der Waals surface area contributed by atoms with Crippen LogP contribution in [0.1, 0.15) is 25.3 Å². The fraction of sp³-hybridized carbons (Fsp3) is 0.385. The molecular weight excluding hydrogens is 206 g/mol. The third-order valence-corrected chi connectivity index (χ3v) is 2.58. The molecule has 0 bridgehead atoms. The van der Waals surface area contributed by atoms with Crippen LogP contribution in [-0.4, -0.2) is 6.04 Å². The average molecular weight is 224 g/mol. The maximum atomic E-state index is 5.90. The average Bonchev–Trinajstić information content (AvgIpc) is 2.23. The largest absolute Gasteiger partial charge is 0.310 e.